The van der Waals surface area contributed by atoms with Gasteiger partial charge in [0, 0.05) is 25.6 Å². The van der Waals surface area contributed by atoms with Crippen LogP contribution in [0.25, 0.3) is 0 Å². The van der Waals surface area contributed by atoms with Crippen molar-refractivity contribution in [2.75, 3.05) is 26.8 Å². The number of fused-ring (bicyclic) bond motifs is 1. The highest BCUT2D eigenvalue weighted by Gasteiger charge is 2.31. The normalized spacial score (nSPS) is 21.8. The van der Waals surface area contributed by atoms with Gasteiger partial charge in [-0.3, -0.25) is 0 Å². The summed E-state index contributed by atoms with van der Waals surface area (Å²) in [6.07, 6.45) is 2.64. The predicted molar refractivity (Wildman–Crippen MR) is 86.0 cm³/mol. The van der Waals surface area contributed by atoms with Gasteiger partial charge in [0.2, 0.25) is 0 Å². The average molecular weight is 306 g/mol. The van der Waals surface area contributed by atoms with Crippen LogP contribution in [0.2, 0.25) is 0 Å². The second kappa shape index (κ2) is 7.61. The van der Waals surface area contributed by atoms with Gasteiger partial charge in [0.25, 0.3) is 0 Å². The molecule has 1 aromatic carbocycles. The fourth-order valence-corrected chi connectivity index (χ4v) is 3.11. The fourth-order valence-electron chi connectivity index (χ4n) is 3.11. The topological polar surface area (TPSA) is 70.6 Å². The molecule has 3 N–H and O–H groups in total. The van der Waals surface area contributed by atoms with Gasteiger partial charge in [0.15, 0.2) is 0 Å². The van der Waals surface area contributed by atoms with E-state index in [0.29, 0.717) is 6.54 Å². The highest BCUT2D eigenvalue weighted by molar-refractivity contribution is 5.74. The lowest BCUT2D eigenvalue weighted by atomic mass is 9.71. The molecule has 0 fully saturated rings. The van der Waals surface area contributed by atoms with Gasteiger partial charge in [-0.2, -0.15) is 0 Å². The summed E-state index contributed by atoms with van der Waals surface area (Å²) in [6.45, 7) is 3.19. The van der Waals surface area contributed by atoms with Crippen molar-refractivity contribution in [3.63, 3.8) is 0 Å². The van der Waals surface area contributed by atoms with Crippen molar-refractivity contribution in [2.24, 2.45) is 0 Å². The van der Waals surface area contributed by atoms with E-state index in [4.69, 9.17) is 4.74 Å². The molecule has 0 saturated heterocycles. The summed E-state index contributed by atoms with van der Waals surface area (Å²) < 4.78 is 4.82. The molecule has 0 aromatic heterocycles. The number of aryl methyl sites for hydroxylation is 1. The van der Waals surface area contributed by atoms with Crippen LogP contribution in [-0.2, 0) is 16.6 Å². The first-order chi connectivity index (χ1) is 10.5. The molecule has 2 rings (SSSR count). The first kappa shape index (κ1) is 16.8. The van der Waals surface area contributed by atoms with Crippen LogP contribution in [0.3, 0.4) is 0 Å². The van der Waals surface area contributed by atoms with E-state index in [-0.39, 0.29) is 24.6 Å². The zero-order chi connectivity index (χ0) is 16.0. The quantitative estimate of drug-likeness (QED) is 0.747. The van der Waals surface area contributed by atoms with E-state index < -0.39 is 6.10 Å². The van der Waals surface area contributed by atoms with Crippen molar-refractivity contribution in [3.05, 3.63) is 35.4 Å². The van der Waals surface area contributed by atoms with Crippen LogP contribution in [0, 0.1) is 0 Å². The number of aliphatic hydroxyl groups is 1. The Morgan fingerprint density at radius 3 is 2.95 bits per heavy atom. The number of hydrogen-bond acceptors (Lipinski definition) is 3. The number of carbonyl (C=O) groups is 1. The third kappa shape index (κ3) is 4.21. The summed E-state index contributed by atoms with van der Waals surface area (Å²) in [4.78, 5) is 11.9. The number of ether oxygens (including phenoxy) is 1. The Labute approximate surface area is 132 Å². The van der Waals surface area contributed by atoms with E-state index >= 15 is 0 Å². The number of hydrogen-bond donors (Lipinski definition) is 3. The van der Waals surface area contributed by atoms with Crippen molar-refractivity contribution in [3.8, 4) is 0 Å². The lowest BCUT2D eigenvalue weighted by Gasteiger charge is -2.36. The number of amides is 2. The molecule has 1 aromatic rings. The van der Waals surface area contributed by atoms with Crippen LogP contribution < -0.4 is 10.6 Å². The molecule has 5 nitrogen and oxygen atoms in total. The lowest BCUT2D eigenvalue weighted by molar-refractivity contribution is 0.0659. The SMILES string of the molecule is COCC(O)CNC(=O)NCC1(C)CCCc2ccccc21. The van der Waals surface area contributed by atoms with Crippen LogP contribution in [0.1, 0.15) is 30.9 Å². The summed E-state index contributed by atoms with van der Waals surface area (Å²) >= 11 is 0. The zero-order valence-corrected chi connectivity index (χ0v) is 13.4. The maximum atomic E-state index is 11.9. The number of aliphatic hydroxyl groups excluding tert-OH is 1. The van der Waals surface area contributed by atoms with Crippen molar-refractivity contribution in [1.29, 1.82) is 0 Å². The Morgan fingerprint density at radius 1 is 1.41 bits per heavy atom. The number of urea groups is 1. The number of benzene rings is 1. The summed E-state index contributed by atoms with van der Waals surface area (Å²) in [5.41, 5.74) is 2.69. The molecule has 0 heterocycles. The zero-order valence-electron chi connectivity index (χ0n) is 13.4. The van der Waals surface area contributed by atoms with E-state index in [2.05, 4.69) is 41.8 Å². The molecule has 0 spiro atoms. The molecule has 22 heavy (non-hydrogen) atoms. The summed E-state index contributed by atoms with van der Waals surface area (Å²) in [7, 11) is 1.52. The smallest absolute Gasteiger partial charge is 0.314 e. The van der Waals surface area contributed by atoms with Gasteiger partial charge in [0.05, 0.1) is 12.7 Å². The average Bonchev–Trinajstić information content (AvgIpc) is 2.52. The largest absolute Gasteiger partial charge is 0.389 e. The van der Waals surface area contributed by atoms with Crippen LogP contribution in [0.15, 0.2) is 24.3 Å². The monoisotopic (exact) mass is 306 g/mol. The van der Waals surface area contributed by atoms with Crippen LogP contribution >= 0.6 is 0 Å². The van der Waals surface area contributed by atoms with Crippen molar-refractivity contribution >= 4 is 6.03 Å². The van der Waals surface area contributed by atoms with Gasteiger partial charge in [-0.15, -0.1) is 0 Å². The molecular formula is C17H26N2O3. The van der Waals surface area contributed by atoms with Gasteiger partial charge in [-0.1, -0.05) is 31.2 Å². The number of rotatable bonds is 6. The number of methoxy groups -OCH3 is 1. The molecule has 2 amide bonds. The molecule has 0 aliphatic heterocycles. The van der Waals surface area contributed by atoms with Crippen LogP contribution in [0.4, 0.5) is 4.79 Å². The minimum Gasteiger partial charge on any atom is -0.389 e. The van der Waals surface area contributed by atoms with E-state index in [0.717, 1.165) is 19.3 Å². The number of nitrogens with one attached hydrogen (secondary N) is 2. The maximum Gasteiger partial charge on any atom is 0.314 e. The highest BCUT2D eigenvalue weighted by atomic mass is 16.5. The Hall–Kier alpha value is -1.59. The second-order valence-electron chi connectivity index (χ2n) is 6.24. The molecule has 5 heteroatoms. The first-order valence-electron chi connectivity index (χ1n) is 7.82. The second-order valence-corrected chi connectivity index (χ2v) is 6.24. The van der Waals surface area contributed by atoms with E-state index in [1.54, 1.807) is 0 Å². The van der Waals surface area contributed by atoms with Crippen LogP contribution in [-0.4, -0.2) is 44.0 Å². The van der Waals surface area contributed by atoms with Crippen molar-refractivity contribution in [1.82, 2.24) is 10.6 Å². The molecule has 0 radical (unpaired) electrons. The summed E-state index contributed by atoms with van der Waals surface area (Å²) in [6, 6.07) is 8.22. The van der Waals surface area contributed by atoms with E-state index in [9.17, 15) is 9.90 Å². The van der Waals surface area contributed by atoms with Crippen molar-refractivity contribution < 1.29 is 14.6 Å². The third-order valence-electron chi connectivity index (χ3n) is 4.34. The van der Waals surface area contributed by atoms with Gasteiger partial charge in [-0.25, -0.2) is 4.79 Å². The molecular weight excluding hydrogens is 280 g/mol. The molecule has 1 aliphatic carbocycles. The van der Waals surface area contributed by atoms with Gasteiger partial charge < -0.3 is 20.5 Å². The van der Waals surface area contributed by atoms with Gasteiger partial charge in [0.1, 0.15) is 0 Å². The Bertz CT molecular complexity index is 506. The van der Waals surface area contributed by atoms with Gasteiger partial charge in [-0.05, 0) is 30.4 Å². The molecule has 1 aliphatic rings. The summed E-state index contributed by atoms with van der Waals surface area (Å²) in [5, 5.41) is 15.1. The third-order valence-corrected chi connectivity index (χ3v) is 4.34. The molecule has 122 valence electrons. The molecule has 0 bridgehead atoms. The van der Waals surface area contributed by atoms with Gasteiger partial charge >= 0.3 is 6.03 Å². The lowest BCUT2D eigenvalue weighted by Crippen LogP contribution is -2.46. The minimum absolute atomic E-state index is 0.0304. The Balaban J connectivity index is 1.87. The first-order valence-corrected chi connectivity index (χ1v) is 7.82. The fraction of sp³-hybridized carbons (Fsp3) is 0.588. The standard InChI is InChI=1S/C17H26N2O3/c1-17(9-5-7-13-6-3-4-8-15(13)17)12-19-16(21)18-10-14(20)11-22-2/h3-4,6,8,14,20H,5,7,9-12H2,1-2H3,(H2,18,19,21). The minimum atomic E-state index is -0.679. The highest BCUT2D eigenvalue weighted by Crippen LogP contribution is 2.36. The van der Waals surface area contributed by atoms with E-state index in [1.807, 2.05) is 0 Å². The molecule has 0 saturated carbocycles. The predicted octanol–water partition coefficient (Wildman–Crippen LogP) is 1.59. The Kier molecular flexibility index (Phi) is 5.80. The molecule has 2 atom stereocenters. The number of carbonyl (C=O) groups excluding carboxylic acids is 1. The van der Waals surface area contributed by atoms with Crippen molar-refractivity contribution in [2.45, 2.75) is 37.7 Å². The Morgan fingerprint density at radius 2 is 2.18 bits per heavy atom. The maximum absolute atomic E-state index is 11.9. The molecule has 2 unspecified atom stereocenters. The van der Waals surface area contributed by atoms with Crippen LogP contribution in [0.5, 0.6) is 0 Å². The summed E-state index contributed by atoms with van der Waals surface area (Å²) in [5.74, 6) is 0. The van der Waals surface area contributed by atoms with E-state index in [1.165, 1.54) is 18.2 Å².